The minimum Gasteiger partial charge on any atom is -0.315 e. The summed E-state index contributed by atoms with van der Waals surface area (Å²) in [4.78, 5) is 5.35. The Bertz CT molecular complexity index is 238. The lowest BCUT2D eigenvalue weighted by Gasteiger charge is -2.38. The summed E-state index contributed by atoms with van der Waals surface area (Å²) in [5, 5.41) is 3.57. The number of nitrogens with one attached hydrogen (secondary N) is 1. The van der Waals surface area contributed by atoms with Crippen molar-refractivity contribution < 1.29 is 0 Å². The molecule has 2 heterocycles. The second-order valence-electron chi connectivity index (χ2n) is 6.46. The predicted octanol–water partition coefficient (Wildman–Crippen LogP) is 2.32. The maximum Gasteiger partial charge on any atom is 0.0221 e. The van der Waals surface area contributed by atoms with Gasteiger partial charge in [-0.05, 0) is 71.8 Å². The predicted molar refractivity (Wildman–Crippen MR) is 82.6 cm³/mol. The van der Waals surface area contributed by atoms with Crippen LogP contribution in [0.4, 0.5) is 0 Å². The van der Waals surface area contributed by atoms with E-state index >= 15 is 0 Å². The van der Waals surface area contributed by atoms with Gasteiger partial charge in [-0.15, -0.1) is 0 Å². The summed E-state index contributed by atoms with van der Waals surface area (Å²) in [5.74, 6) is 0. The molecule has 2 saturated heterocycles. The summed E-state index contributed by atoms with van der Waals surface area (Å²) in [6.07, 6.45) is 9.66. The van der Waals surface area contributed by atoms with E-state index in [-0.39, 0.29) is 0 Å². The molecule has 1 N–H and O–H groups in total. The highest BCUT2D eigenvalue weighted by Crippen LogP contribution is 2.19. The van der Waals surface area contributed by atoms with Crippen LogP contribution in [0, 0.1) is 0 Å². The van der Waals surface area contributed by atoms with Crippen LogP contribution in [0.25, 0.3) is 0 Å². The van der Waals surface area contributed by atoms with Crippen LogP contribution in [0.15, 0.2) is 0 Å². The molecule has 2 rings (SSSR count). The molecule has 0 spiro atoms. The second kappa shape index (κ2) is 8.23. The fourth-order valence-electron chi connectivity index (χ4n) is 3.73. The van der Waals surface area contributed by atoms with Crippen LogP contribution in [0.1, 0.15) is 51.9 Å². The van der Waals surface area contributed by atoms with Gasteiger partial charge in [0.2, 0.25) is 0 Å². The lowest BCUT2D eigenvalue weighted by atomic mass is 9.99. The van der Waals surface area contributed by atoms with E-state index in [1.165, 1.54) is 77.7 Å². The zero-order chi connectivity index (χ0) is 13.5. The van der Waals surface area contributed by atoms with Crippen molar-refractivity contribution in [1.82, 2.24) is 15.1 Å². The highest BCUT2D eigenvalue weighted by atomic mass is 15.2. The van der Waals surface area contributed by atoms with Crippen LogP contribution in [-0.4, -0.2) is 61.7 Å². The average Bonchev–Trinajstić information content (AvgIpc) is 2.46. The summed E-state index contributed by atoms with van der Waals surface area (Å²) >= 11 is 0. The Hall–Kier alpha value is -0.120. The number of rotatable bonds is 6. The third kappa shape index (κ3) is 4.73. The van der Waals surface area contributed by atoms with Gasteiger partial charge < -0.3 is 10.2 Å². The van der Waals surface area contributed by atoms with Crippen LogP contribution in [0.3, 0.4) is 0 Å². The minimum atomic E-state index is 0.794. The van der Waals surface area contributed by atoms with Crippen LogP contribution in [-0.2, 0) is 0 Å². The molecule has 0 saturated carbocycles. The number of hydrogen-bond donors (Lipinski definition) is 1. The van der Waals surface area contributed by atoms with E-state index in [9.17, 15) is 0 Å². The molecule has 2 fully saturated rings. The molecule has 2 aliphatic heterocycles. The lowest BCUT2D eigenvalue weighted by molar-refractivity contribution is 0.123. The molecular weight excluding hydrogens is 234 g/mol. The van der Waals surface area contributed by atoms with Crippen molar-refractivity contribution >= 4 is 0 Å². The zero-order valence-corrected chi connectivity index (χ0v) is 13.0. The number of nitrogens with zero attached hydrogens (tertiary/aromatic N) is 2. The van der Waals surface area contributed by atoms with Crippen molar-refractivity contribution in [3.05, 3.63) is 0 Å². The third-order valence-electron chi connectivity index (χ3n) is 4.97. The summed E-state index contributed by atoms with van der Waals surface area (Å²) in [7, 11) is 2.32. The molecule has 3 nitrogen and oxygen atoms in total. The van der Waals surface area contributed by atoms with Crippen LogP contribution < -0.4 is 5.32 Å². The summed E-state index contributed by atoms with van der Waals surface area (Å²) in [6, 6.07) is 1.63. The Morgan fingerprint density at radius 1 is 1.16 bits per heavy atom. The van der Waals surface area contributed by atoms with Gasteiger partial charge in [-0.1, -0.05) is 13.3 Å². The Morgan fingerprint density at radius 3 is 2.74 bits per heavy atom. The molecule has 19 heavy (non-hydrogen) atoms. The third-order valence-corrected chi connectivity index (χ3v) is 4.97. The largest absolute Gasteiger partial charge is 0.315 e. The first kappa shape index (κ1) is 15.3. The molecule has 0 aromatic carbocycles. The van der Waals surface area contributed by atoms with Gasteiger partial charge in [-0.25, -0.2) is 0 Å². The summed E-state index contributed by atoms with van der Waals surface area (Å²) in [6.45, 7) is 8.64. The molecule has 0 bridgehead atoms. The summed E-state index contributed by atoms with van der Waals surface area (Å²) < 4.78 is 0. The fourth-order valence-corrected chi connectivity index (χ4v) is 3.73. The van der Waals surface area contributed by atoms with Gasteiger partial charge in [-0.3, -0.25) is 4.90 Å². The highest BCUT2D eigenvalue weighted by molar-refractivity contribution is 4.81. The van der Waals surface area contributed by atoms with Crippen LogP contribution >= 0.6 is 0 Å². The number of hydrogen-bond acceptors (Lipinski definition) is 3. The Balaban J connectivity index is 1.78. The van der Waals surface area contributed by atoms with Crippen molar-refractivity contribution in [1.29, 1.82) is 0 Å². The monoisotopic (exact) mass is 267 g/mol. The van der Waals surface area contributed by atoms with E-state index in [1.54, 1.807) is 0 Å². The maximum atomic E-state index is 3.57. The van der Waals surface area contributed by atoms with Crippen molar-refractivity contribution in [3.8, 4) is 0 Å². The van der Waals surface area contributed by atoms with Gasteiger partial charge in [0.15, 0.2) is 0 Å². The molecule has 112 valence electrons. The first-order valence-electron chi connectivity index (χ1n) is 8.46. The minimum absolute atomic E-state index is 0.794. The summed E-state index contributed by atoms with van der Waals surface area (Å²) in [5.41, 5.74) is 0. The normalized spacial score (nSPS) is 29.8. The Morgan fingerprint density at radius 2 is 2.05 bits per heavy atom. The van der Waals surface area contributed by atoms with E-state index < -0.39 is 0 Å². The fraction of sp³-hybridized carbons (Fsp3) is 1.00. The highest BCUT2D eigenvalue weighted by Gasteiger charge is 2.23. The van der Waals surface area contributed by atoms with Gasteiger partial charge in [-0.2, -0.15) is 0 Å². The van der Waals surface area contributed by atoms with Crippen molar-refractivity contribution in [2.75, 3.05) is 39.8 Å². The molecule has 0 amide bonds. The maximum absolute atomic E-state index is 3.57. The van der Waals surface area contributed by atoms with Crippen molar-refractivity contribution in [3.63, 3.8) is 0 Å². The Labute approximate surface area is 119 Å². The molecule has 0 aliphatic carbocycles. The average molecular weight is 267 g/mol. The Kier molecular flexibility index (Phi) is 6.62. The molecule has 0 aromatic rings. The SMILES string of the molecule is CCCN(CCC1CCCCN1C)C1CCCNC1. The van der Waals surface area contributed by atoms with Gasteiger partial charge in [0.05, 0.1) is 0 Å². The van der Waals surface area contributed by atoms with Crippen molar-refractivity contribution in [2.45, 2.75) is 64.0 Å². The molecule has 2 unspecified atom stereocenters. The molecule has 0 aromatic heterocycles. The topological polar surface area (TPSA) is 18.5 Å². The molecule has 0 radical (unpaired) electrons. The quantitative estimate of drug-likeness (QED) is 0.797. The van der Waals surface area contributed by atoms with Gasteiger partial charge >= 0.3 is 0 Å². The smallest absolute Gasteiger partial charge is 0.0221 e. The second-order valence-corrected chi connectivity index (χ2v) is 6.46. The first-order valence-corrected chi connectivity index (χ1v) is 8.46. The zero-order valence-electron chi connectivity index (χ0n) is 13.0. The van der Waals surface area contributed by atoms with Crippen LogP contribution in [0.2, 0.25) is 0 Å². The van der Waals surface area contributed by atoms with Gasteiger partial charge in [0.25, 0.3) is 0 Å². The molecule has 3 heteroatoms. The van der Waals surface area contributed by atoms with E-state index in [0.29, 0.717) is 0 Å². The standard InChI is InChI=1S/C16H33N3/c1-3-11-19(16-8-6-10-17-14-16)13-9-15-7-4-5-12-18(15)2/h15-17H,3-14H2,1-2H3. The van der Waals surface area contributed by atoms with Crippen molar-refractivity contribution in [2.24, 2.45) is 0 Å². The molecule has 2 aliphatic rings. The molecular formula is C16H33N3. The van der Waals surface area contributed by atoms with E-state index in [4.69, 9.17) is 0 Å². The number of likely N-dealkylation sites (tertiary alicyclic amines) is 1. The molecule has 2 atom stereocenters. The van der Waals surface area contributed by atoms with E-state index in [0.717, 1.165) is 12.1 Å². The van der Waals surface area contributed by atoms with Crippen LogP contribution in [0.5, 0.6) is 0 Å². The van der Waals surface area contributed by atoms with E-state index in [2.05, 4.69) is 29.1 Å². The van der Waals surface area contributed by atoms with Gasteiger partial charge in [0, 0.05) is 18.6 Å². The van der Waals surface area contributed by atoms with E-state index in [1.807, 2.05) is 0 Å². The van der Waals surface area contributed by atoms with Gasteiger partial charge in [0.1, 0.15) is 0 Å². The lowest BCUT2D eigenvalue weighted by Crippen LogP contribution is -2.48. The number of piperidine rings is 2. The first-order chi connectivity index (χ1) is 9.31.